The molecule has 24 heavy (non-hydrogen) atoms. The predicted octanol–water partition coefficient (Wildman–Crippen LogP) is 3.05. The number of aryl methyl sites for hydroxylation is 1. The van der Waals surface area contributed by atoms with Gasteiger partial charge in [0.15, 0.2) is 5.96 Å². The minimum absolute atomic E-state index is 0. The molecule has 0 aliphatic rings. The Morgan fingerprint density at radius 1 is 1.17 bits per heavy atom. The fraction of sp³-hybridized carbons (Fsp3) is 0.389. The summed E-state index contributed by atoms with van der Waals surface area (Å²) in [4.78, 5) is 4.23. The average Bonchev–Trinajstić information content (AvgIpc) is 3.06. The molecule has 0 saturated heterocycles. The van der Waals surface area contributed by atoms with Crippen molar-refractivity contribution in [2.24, 2.45) is 4.99 Å². The highest BCUT2D eigenvalue weighted by molar-refractivity contribution is 14.0. The van der Waals surface area contributed by atoms with Gasteiger partial charge in [0.1, 0.15) is 11.9 Å². The van der Waals surface area contributed by atoms with Gasteiger partial charge in [0.05, 0.1) is 6.54 Å². The number of nitrogens with zero attached hydrogens (tertiary/aromatic N) is 2. The largest absolute Gasteiger partial charge is 0.489 e. The van der Waals surface area contributed by atoms with Crippen molar-refractivity contribution in [1.82, 2.24) is 15.2 Å². The van der Waals surface area contributed by atoms with Gasteiger partial charge < -0.3 is 19.9 Å². The first kappa shape index (κ1) is 20.3. The van der Waals surface area contributed by atoms with E-state index < -0.39 is 0 Å². The van der Waals surface area contributed by atoms with Crippen molar-refractivity contribution in [3.8, 4) is 5.75 Å². The lowest BCUT2D eigenvalue weighted by molar-refractivity contribution is 0.222. The van der Waals surface area contributed by atoms with E-state index in [1.54, 1.807) is 7.05 Å². The zero-order chi connectivity index (χ0) is 16.5. The monoisotopic (exact) mass is 442 g/mol. The van der Waals surface area contributed by atoms with Crippen LogP contribution in [0.15, 0.2) is 53.8 Å². The molecular weight excluding hydrogens is 415 g/mol. The zero-order valence-electron chi connectivity index (χ0n) is 14.5. The van der Waals surface area contributed by atoms with Gasteiger partial charge in [-0.3, -0.25) is 4.99 Å². The molecule has 0 spiro atoms. The topological polar surface area (TPSA) is 50.6 Å². The molecule has 0 radical (unpaired) electrons. The minimum Gasteiger partial charge on any atom is -0.489 e. The van der Waals surface area contributed by atoms with Gasteiger partial charge in [-0.2, -0.15) is 0 Å². The van der Waals surface area contributed by atoms with E-state index in [1.807, 2.05) is 37.3 Å². The third-order valence-corrected chi connectivity index (χ3v) is 3.53. The number of para-hydroxylation sites is 1. The van der Waals surface area contributed by atoms with Crippen molar-refractivity contribution < 1.29 is 4.74 Å². The Bertz CT molecular complexity index is 613. The predicted molar refractivity (Wildman–Crippen MR) is 110 cm³/mol. The molecule has 0 saturated carbocycles. The Labute approximate surface area is 161 Å². The van der Waals surface area contributed by atoms with Gasteiger partial charge in [0.2, 0.25) is 0 Å². The van der Waals surface area contributed by atoms with E-state index in [9.17, 15) is 0 Å². The van der Waals surface area contributed by atoms with E-state index in [-0.39, 0.29) is 30.1 Å². The third kappa shape index (κ3) is 6.82. The van der Waals surface area contributed by atoms with E-state index >= 15 is 0 Å². The summed E-state index contributed by atoms with van der Waals surface area (Å²) in [5, 5.41) is 6.59. The van der Waals surface area contributed by atoms with Crippen LogP contribution in [0.25, 0.3) is 0 Å². The van der Waals surface area contributed by atoms with Crippen LogP contribution in [-0.2, 0) is 6.54 Å². The summed E-state index contributed by atoms with van der Waals surface area (Å²) < 4.78 is 8.08. The van der Waals surface area contributed by atoms with Crippen LogP contribution < -0.4 is 15.4 Å². The number of hydrogen-bond acceptors (Lipinski definition) is 2. The summed E-state index contributed by atoms with van der Waals surface area (Å²) in [7, 11) is 1.78. The lowest BCUT2D eigenvalue weighted by Crippen LogP contribution is -2.42. The quantitative estimate of drug-likeness (QED) is 0.394. The molecule has 5 nitrogen and oxygen atoms in total. The minimum atomic E-state index is 0. The van der Waals surface area contributed by atoms with Crippen molar-refractivity contribution >= 4 is 29.9 Å². The molecule has 2 rings (SSSR count). The second-order valence-corrected chi connectivity index (χ2v) is 5.49. The number of halogens is 1. The van der Waals surface area contributed by atoms with Crippen molar-refractivity contribution in [2.45, 2.75) is 26.5 Å². The Morgan fingerprint density at radius 3 is 2.54 bits per heavy atom. The number of benzene rings is 1. The normalized spacial score (nSPS) is 12.2. The van der Waals surface area contributed by atoms with Crippen molar-refractivity contribution in [1.29, 1.82) is 0 Å². The summed E-state index contributed by atoms with van der Waals surface area (Å²) in [5.74, 6) is 1.72. The van der Waals surface area contributed by atoms with Crippen LogP contribution in [0.3, 0.4) is 0 Å². The van der Waals surface area contributed by atoms with Gasteiger partial charge in [0.25, 0.3) is 0 Å². The Hall–Kier alpha value is -1.70. The Morgan fingerprint density at radius 2 is 1.88 bits per heavy atom. The number of rotatable bonds is 7. The first-order valence-corrected chi connectivity index (χ1v) is 7.96. The summed E-state index contributed by atoms with van der Waals surface area (Å²) in [5.41, 5.74) is 1.15. The van der Waals surface area contributed by atoms with Crippen LogP contribution in [0.2, 0.25) is 0 Å². The number of nitrogens with one attached hydrogen (secondary N) is 2. The van der Waals surface area contributed by atoms with Gasteiger partial charge in [-0.25, -0.2) is 0 Å². The van der Waals surface area contributed by atoms with Crippen LogP contribution in [0, 0.1) is 6.92 Å². The molecule has 0 bridgehead atoms. The van der Waals surface area contributed by atoms with Gasteiger partial charge >= 0.3 is 0 Å². The van der Waals surface area contributed by atoms with Crippen LogP contribution >= 0.6 is 24.0 Å². The average molecular weight is 442 g/mol. The number of aliphatic imine (C=N–C) groups is 1. The summed E-state index contributed by atoms with van der Waals surface area (Å²) in [6.07, 6.45) is 4.16. The van der Waals surface area contributed by atoms with Crippen molar-refractivity contribution in [3.63, 3.8) is 0 Å². The van der Waals surface area contributed by atoms with Crippen LogP contribution in [0.5, 0.6) is 5.75 Å². The van der Waals surface area contributed by atoms with E-state index in [4.69, 9.17) is 4.74 Å². The standard InChI is InChI=1S/C18H26N4O.HI/c1-15-8-4-5-9-17(15)23-16(2)14-21-18(19-3)20-10-13-22-11-6-7-12-22;/h4-9,11-12,16H,10,13-14H2,1-3H3,(H2,19,20,21);1H. The molecule has 0 aliphatic carbocycles. The molecule has 0 fully saturated rings. The molecular formula is C18H27IN4O. The summed E-state index contributed by atoms with van der Waals surface area (Å²) in [6.45, 7) is 6.52. The van der Waals surface area contributed by atoms with Gasteiger partial charge in [0, 0.05) is 32.5 Å². The zero-order valence-corrected chi connectivity index (χ0v) is 16.9. The second kappa shape index (κ2) is 11.0. The smallest absolute Gasteiger partial charge is 0.191 e. The van der Waals surface area contributed by atoms with Gasteiger partial charge in [-0.05, 0) is 37.6 Å². The summed E-state index contributed by atoms with van der Waals surface area (Å²) >= 11 is 0. The molecule has 1 aromatic heterocycles. The molecule has 0 amide bonds. The fourth-order valence-corrected chi connectivity index (χ4v) is 2.23. The maximum absolute atomic E-state index is 5.95. The van der Waals surface area contributed by atoms with Gasteiger partial charge in [-0.1, -0.05) is 18.2 Å². The van der Waals surface area contributed by atoms with Crippen molar-refractivity contribution in [2.75, 3.05) is 20.1 Å². The van der Waals surface area contributed by atoms with Gasteiger partial charge in [-0.15, -0.1) is 24.0 Å². The molecule has 1 aromatic carbocycles. The number of hydrogen-bond donors (Lipinski definition) is 2. The number of ether oxygens (including phenoxy) is 1. The highest BCUT2D eigenvalue weighted by Gasteiger charge is 2.07. The lowest BCUT2D eigenvalue weighted by atomic mass is 10.2. The van der Waals surface area contributed by atoms with E-state index in [0.717, 1.165) is 30.4 Å². The van der Waals surface area contributed by atoms with E-state index in [2.05, 4.69) is 45.6 Å². The van der Waals surface area contributed by atoms with Crippen LogP contribution in [-0.4, -0.2) is 36.8 Å². The van der Waals surface area contributed by atoms with Crippen LogP contribution in [0.1, 0.15) is 12.5 Å². The third-order valence-electron chi connectivity index (χ3n) is 3.53. The molecule has 2 aromatic rings. The molecule has 1 unspecified atom stereocenters. The van der Waals surface area contributed by atoms with E-state index in [1.165, 1.54) is 0 Å². The Kier molecular flexibility index (Phi) is 9.29. The first-order valence-electron chi connectivity index (χ1n) is 7.96. The molecule has 1 atom stereocenters. The molecule has 2 N–H and O–H groups in total. The second-order valence-electron chi connectivity index (χ2n) is 5.49. The molecule has 0 aliphatic heterocycles. The number of guanidine groups is 1. The van der Waals surface area contributed by atoms with Crippen LogP contribution in [0.4, 0.5) is 0 Å². The maximum atomic E-state index is 5.95. The Balaban J connectivity index is 0.00000288. The maximum Gasteiger partial charge on any atom is 0.191 e. The van der Waals surface area contributed by atoms with Crippen molar-refractivity contribution in [3.05, 3.63) is 54.4 Å². The van der Waals surface area contributed by atoms with E-state index in [0.29, 0.717) is 6.54 Å². The number of aromatic nitrogens is 1. The SMILES string of the molecule is CN=C(NCCn1cccc1)NCC(C)Oc1ccccc1C.I. The lowest BCUT2D eigenvalue weighted by Gasteiger charge is -2.18. The molecule has 132 valence electrons. The first-order chi connectivity index (χ1) is 11.2. The molecule has 6 heteroatoms. The summed E-state index contributed by atoms with van der Waals surface area (Å²) in [6, 6.07) is 12.1. The molecule has 1 heterocycles. The highest BCUT2D eigenvalue weighted by atomic mass is 127. The fourth-order valence-electron chi connectivity index (χ4n) is 2.23. The highest BCUT2D eigenvalue weighted by Crippen LogP contribution is 2.17.